The van der Waals surface area contributed by atoms with Gasteiger partial charge in [0.1, 0.15) is 11.5 Å². The second-order valence-corrected chi connectivity index (χ2v) is 5.58. The highest BCUT2D eigenvalue weighted by Crippen LogP contribution is 2.36. The van der Waals surface area contributed by atoms with Gasteiger partial charge in [-0.15, -0.1) is 0 Å². The van der Waals surface area contributed by atoms with Crippen molar-refractivity contribution < 1.29 is 15.0 Å². The molecule has 0 aliphatic rings. The molecule has 4 nitrogen and oxygen atoms in total. The Balaban J connectivity index is 2.38. The second kappa shape index (κ2) is 5.48. The topological polar surface area (TPSA) is 69.6 Å². The number of aromatic hydroxyl groups is 2. The number of hydrogen-bond donors (Lipinski definition) is 3. The Kier molecular flexibility index (Phi) is 3.89. The lowest BCUT2D eigenvalue weighted by molar-refractivity contribution is -0.114. The highest BCUT2D eigenvalue weighted by atomic mass is 16.3. The second-order valence-electron chi connectivity index (χ2n) is 5.58. The summed E-state index contributed by atoms with van der Waals surface area (Å²) < 4.78 is 0. The Morgan fingerprint density at radius 3 is 2.10 bits per heavy atom. The third-order valence-corrected chi connectivity index (χ3v) is 3.62. The van der Waals surface area contributed by atoms with Gasteiger partial charge in [0, 0.05) is 12.3 Å². The first kappa shape index (κ1) is 14.9. The number of anilines is 1. The van der Waals surface area contributed by atoms with Crippen LogP contribution in [0.1, 0.15) is 31.9 Å². The number of carbonyl (C=O) groups is 1. The minimum absolute atomic E-state index is 0.0366. The van der Waals surface area contributed by atoms with Crippen molar-refractivity contribution in [3.8, 4) is 11.5 Å². The van der Waals surface area contributed by atoms with Crippen LogP contribution in [-0.2, 0) is 10.2 Å². The summed E-state index contributed by atoms with van der Waals surface area (Å²) in [6, 6.07) is 12.2. The molecule has 0 bridgehead atoms. The molecule has 0 atom stereocenters. The van der Waals surface area contributed by atoms with E-state index in [1.54, 1.807) is 24.3 Å². The van der Waals surface area contributed by atoms with E-state index in [4.69, 9.17) is 0 Å². The van der Waals surface area contributed by atoms with Crippen molar-refractivity contribution in [2.45, 2.75) is 26.2 Å². The lowest BCUT2D eigenvalue weighted by Gasteiger charge is -2.26. The molecule has 0 saturated carbocycles. The molecule has 4 heteroatoms. The average Bonchev–Trinajstić information content (AvgIpc) is 2.41. The van der Waals surface area contributed by atoms with E-state index in [0.717, 1.165) is 11.1 Å². The Bertz CT molecular complexity index is 660. The van der Waals surface area contributed by atoms with E-state index in [9.17, 15) is 15.0 Å². The van der Waals surface area contributed by atoms with Crippen LogP contribution in [0.15, 0.2) is 42.5 Å². The van der Waals surface area contributed by atoms with E-state index < -0.39 is 0 Å². The molecule has 2 aromatic rings. The first-order valence-electron chi connectivity index (χ1n) is 6.71. The maximum Gasteiger partial charge on any atom is 0.221 e. The summed E-state index contributed by atoms with van der Waals surface area (Å²) in [6.07, 6.45) is 0. The molecular formula is C17H19NO3. The normalized spacial score (nSPS) is 11.2. The smallest absolute Gasteiger partial charge is 0.221 e. The van der Waals surface area contributed by atoms with Gasteiger partial charge in [-0.25, -0.2) is 0 Å². The van der Waals surface area contributed by atoms with Crippen LogP contribution < -0.4 is 5.32 Å². The summed E-state index contributed by atoms with van der Waals surface area (Å²) in [7, 11) is 0. The van der Waals surface area contributed by atoms with Crippen molar-refractivity contribution in [3.05, 3.63) is 53.6 Å². The minimum atomic E-state index is -0.333. The van der Waals surface area contributed by atoms with Gasteiger partial charge < -0.3 is 15.5 Å². The van der Waals surface area contributed by atoms with Crippen LogP contribution in [0.3, 0.4) is 0 Å². The number of phenolic OH excluding ortho intramolecular Hbond substituents is 2. The van der Waals surface area contributed by atoms with Gasteiger partial charge in [0.15, 0.2) is 0 Å². The van der Waals surface area contributed by atoms with Gasteiger partial charge in [-0.05, 0) is 35.4 Å². The molecule has 0 unspecified atom stereocenters. The van der Waals surface area contributed by atoms with Crippen LogP contribution in [0, 0.1) is 0 Å². The van der Waals surface area contributed by atoms with Crippen LogP contribution in [0.4, 0.5) is 5.69 Å². The molecule has 0 radical (unpaired) electrons. The van der Waals surface area contributed by atoms with Crippen molar-refractivity contribution in [2.24, 2.45) is 0 Å². The van der Waals surface area contributed by atoms with Crippen LogP contribution >= 0.6 is 0 Å². The van der Waals surface area contributed by atoms with Gasteiger partial charge in [0.25, 0.3) is 0 Å². The number of nitrogens with one attached hydrogen (secondary N) is 1. The molecule has 2 aromatic carbocycles. The molecule has 0 heterocycles. The van der Waals surface area contributed by atoms with Crippen molar-refractivity contribution in [1.29, 1.82) is 0 Å². The number of benzene rings is 2. The molecule has 0 aliphatic heterocycles. The standard InChI is InChI=1S/C17H19NO3/c1-11(19)18-15-9-6-13(10-16(15)21)17(2,3)12-4-7-14(20)8-5-12/h4-10,20-21H,1-3H3,(H,18,19). The molecule has 1 amide bonds. The van der Waals surface area contributed by atoms with Gasteiger partial charge >= 0.3 is 0 Å². The molecule has 2 rings (SSSR count). The highest BCUT2D eigenvalue weighted by molar-refractivity contribution is 5.90. The number of rotatable bonds is 3. The Morgan fingerprint density at radius 2 is 1.57 bits per heavy atom. The SMILES string of the molecule is CC(=O)Nc1ccc(C(C)(C)c2ccc(O)cc2)cc1O. The van der Waals surface area contributed by atoms with Crippen LogP contribution in [-0.4, -0.2) is 16.1 Å². The lowest BCUT2D eigenvalue weighted by Crippen LogP contribution is -2.19. The van der Waals surface area contributed by atoms with Crippen LogP contribution in [0.25, 0.3) is 0 Å². The third-order valence-electron chi connectivity index (χ3n) is 3.62. The van der Waals surface area contributed by atoms with E-state index in [2.05, 4.69) is 5.32 Å². The zero-order valence-electron chi connectivity index (χ0n) is 12.3. The predicted molar refractivity (Wildman–Crippen MR) is 82.6 cm³/mol. The quantitative estimate of drug-likeness (QED) is 0.757. The van der Waals surface area contributed by atoms with Crippen molar-refractivity contribution in [1.82, 2.24) is 0 Å². The maximum absolute atomic E-state index is 11.1. The van der Waals surface area contributed by atoms with Gasteiger partial charge in [-0.3, -0.25) is 4.79 Å². The molecule has 0 fully saturated rings. The number of phenols is 2. The van der Waals surface area contributed by atoms with E-state index >= 15 is 0 Å². The van der Waals surface area contributed by atoms with Gasteiger partial charge in [-0.1, -0.05) is 32.0 Å². The Labute approximate surface area is 124 Å². The van der Waals surface area contributed by atoms with E-state index in [1.807, 2.05) is 32.0 Å². The first-order valence-corrected chi connectivity index (χ1v) is 6.71. The third kappa shape index (κ3) is 3.16. The summed E-state index contributed by atoms with van der Waals surface area (Å²) in [5.74, 6) is 0.0313. The molecule has 3 N–H and O–H groups in total. The van der Waals surface area contributed by atoms with Gasteiger partial charge in [0.2, 0.25) is 5.91 Å². The van der Waals surface area contributed by atoms with Gasteiger partial charge in [0.05, 0.1) is 5.69 Å². The molecule has 110 valence electrons. The van der Waals surface area contributed by atoms with Crippen molar-refractivity contribution >= 4 is 11.6 Å². The number of hydrogen-bond acceptors (Lipinski definition) is 3. The zero-order valence-corrected chi connectivity index (χ0v) is 12.3. The highest BCUT2D eigenvalue weighted by Gasteiger charge is 2.24. The maximum atomic E-state index is 11.1. The minimum Gasteiger partial charge on any atom is -0.508 e. The van der Waals surface area contributed by atoms with E-state index in [-0.39, 0.29) is 22.8 Å². The van der Waals surface area contributed by atoms with E-state index in [0.29, 0.717) is 5.69 Å². The number of amides is 1. The first-order chi connectivity index (χ1) is 9.80. The monoisotopic (exact) mass is 285 g/mol. The fourth-order valence-corrected chi connectivity index (χ4v) is 2.26. The molecule has 21 heavy (non-hydrogen) atoms. The zero-order chi connectivity index (χ0) is 15.6. The fourth-order valence-electron chi connectivity index (χ4n) is 2.26. The summed E-state index contributed by atoms with van der Waals surface area (Å²) in [6.45, 7) is 5.46. The van der Waals surface area contributed by atoms with Crippen molar-refractivity contribution in [3.63, 3.8) is 0 Å². The van der Waals surface area contributed by atoms with Crippen LogP contribution in [0.5, 0.6) is 11.5 Å². The summed E-state index contributed by atoms with van der Waals surface area (Å²) >= 11 is 0. The Hall–Kier alpha value is -2.49. The average molecular weight is 285 g/mol. The van der Waals surface area contributed by atoms with Gasteiger partial charge in [-0.2, -0.15) is 0 Å². The molecule has 0 aromatic heterocycles. The molecular weight excluding hydrogens is 266 g/mol. The van der Waals surface area contributed by atoms with Crippen molar-refractivity contribution in [2.75, 3.05) is 5.32 Å². The molecule has 0 spiro atoms. The summed E-state index contributed by atoms with van der Waals surface area (Å²) in [5.41, 5.74) is 2.00. The Morgan fingerprint density at radius 1 is 1.00 bits per heavy atom. The van der Waals surface area contributed by atoms with E-state index in [1.165, 1.54) is 6.92 Å². The van der Waals surface area contributed by atoms with Crippen LogP contribution in [0.2, 0.25) is 0 Å². The summed E-state index contributed by atoms with van der Waals surface area (Å²) in [4.78, 5) is 11.1. The lowest BCUT2D eigenvalue weighted by atomic mass is 9.78. The summed E-state index contributed by atoms with van der Waals surface area (Å²) in [5, 5.41) is 22.0. The predicted octanol–water partition coefficient (Wildman–Crippen LogP) is 3.38. The fraction of sp³-hybridized carbons (Fsp3) is 0.235. The largest absolute Gasteiger partial charge is 0.508 e. The molecule has 0 aliphatic carbocycles. The number of carbonyl (C=O) groups excluding carboxylic acids is 1. The molecule has 0 saturated heterocycles.